The van der Waals surface area contributed by atoms with Crippen LogP contribution in [0.25, 0.3) is 0 Å². The smallest absolute Gasteiger partial charge is 0.311 e. The summed E-state index contributed by atoms with van der Waals surface area (Å²) >= 11 is 0. The van der Waals surface area contributed by atoms with Crippen molar-refractivity contribution in [1.82, 2.24) is 15.5 Å². The number of aliphatic hydroxyl groups excluding tert-OH is 2. The molecule has 3 atom stereocenters. The van der Waals surface area contributed by atoms with Crippen LogP contribution in [0.1, 0.15) is 54.4 Å². The third-order valence-electron chi connectivity index (χ3n) is 7.05. The minimum absolute atomic E-state index is 0.112. The lowest BCUT2D eigenvalue weighted by Gasteiger charge is -2.34. The first-order valence-electron chi connectivity index (χ1n) is 14.3. The lowest BCUT2D eigenvalue weighted by molar-refractivity contribution is -0.695. The van der Waals surface area contributed by atoms with Gasteiger partial charge in [-0.1, -0.05) is 26.8 Å². The molecule has 3 unspecified atom stereocenters. The van der Waals surface area contributed by atoms with E-state index in [1.165, 1.54) is 0 Å². The standard InChI is InChI=1S/C29H53N4O6/c1-7-29(6,27(37)39-22-25(35)20-30-13-17-32(8-2)9-3)23-28(4,5)26(36)38-21-24(34)19-31-14-18-33-15-11-10-12-16-33/h10-12,15-16,24-25,30-31,34-35H,7-9,13-14,17-23H2,1-6H3/q+1. The van der Waals surface area contributed by atoms with Gasteiger partial charge in [-0.25, -0.2) is 4.57 Å². The first-order valence-corrected chi connectivity index (χ1v) is 14.3. The van der Waals surface area contributed by atoms with Crippen LogP contribution >= 0.6 is 0 Å². The number of nitrogens with one attached hydrogen (secondary N) is 2. The Bertz CT molecular complexity index is 821. The highest BCUT2D eigenvalue weighted by atomic mass is 16.5. The summed E-state index contributed by atoms with van der Waals surface area (Å²) in [5.74, 6) is -0.931. The normalized spacial score (nSPS) is 15.0. The van der Waals surface area contributed by atoms with E-state index in [0.717, 1.165) is 32.7 Å². The zero-order valence-corrected chi connectivity index (χ0v) is 24.9. The number of aliphatic hydroxyl groups is 2. The van der Waals surface area contributed by atoms with Crippen LogP contribution < -0.4 is 15.2 Å². The molecule has 10 heteroatoms. The van der Waals surface area contributed by atoms with Crippen molar-refractivity contribution < 1.29 is 33.8 Å². The number of esters is 2. The van der Waals surface area contributed by atoms with Crippen molar-refractivity contribution in [2.24, 2.45) is 10.8 Å². The molecule has 39 heavy (non-hydrogen) atoms. The molecular formula is C29H53N4O6+. The molecule has 0 radical (unpaired) electrons. The SMILES string of the molecule is CCN(CC)CCNCC(O)COC(=O)C(C)(CC)CC(C)(C)C(=O)OCC(O)CNCC[n+]1ccccc1. The number of nitrogens with zero attached hydrogens (tertiary/aromatic N) is 2. The van der Waals surface area contributed by atoms with Gasteiger partial charge in [0.2, 0.25) is 0 Å². The molecule has 10 nitrogen and oxygen atoms in total. The number of carbonyl (C=O) groups is 2. The van der Waals surface area contributed by atoms with Crippen molar-refractivity contribution in [3.63, 3.8) is 0 Å². The second kappa shape index (κ2) is 18.3. The molecule has 0 aliphatic heterocycles. The van der Waals surface area contributed by atoms with Gasteiger partial charge in [0.1, 0.15) is 25.4 Å². The number of hydrogen-bond acceptors (Lipinski definition) is 9. The number of aromatic nitrogens is 1. The van der Waals surface area contributed by atoms with Gasteiger partial charge in [0.25, 0.3) is 0 Å². The largest absolute Gasteiger partial charge is 0.462 e. The molecule has 0 fully saturated rings. The molecule has 0 amide bonds. The van der Waals surface area contributed by atoms with E-state index in [1.807, 2.05) is 42.1 Å². The van der Waals surface area contributed by atoms with Crippen LogP contribution in [-0.2, 0) is 25.6 Å². The Morgan fingerprint density at radius 3 is 1.95 bits per heavy atom. The van der Waals surface area contributed by atoms with E-state index in [-0.39, 0.29) is 19.6 Å². The van der Waals surface area contributed by atoms with Crippen LogP contribution in [0.2, 0.25) is 0 Å². The predicted octanol–water partition coefficient (Wildman–Crippen LogP) is 1.14. The van der Waals surface area contributed by atoms with E-state index in [0.29, 0.717) is 26.1 Å². The summed E-state index contributed by atoms with van der Waals surface area (Å²) in [6, 6.07) is 5.86. The molecule has 0 aliphatic rings. The average molecular weight is 554 g/mol. The number of likely N-dealkylation sites (N-methyl/N-ethyl adjacent to an activating group) is 1. The summed E-state index contributed by atoms with van der Waals surface area (Å²) in [5.41, 5.74) is -1.89. The zero-order chi connectivity index (χ0) is 29.3. The van der Waals surface area contributed by atoms with Gasteiger partial charge in [-0.3, -0.25) is 9.59 Å². The van der Waals surface area contributed by atoms with E-state index < -0.39 is 35.0 Å². The van der Waals surface area contributed by atoms with Crippen molar-refractivity contribution in [1.29, 1.82) is 0 Å². The van der Waals surface area contributed by atoms with Gasteiger partial charge < -0.3 is 35.2 Å². The maximum Gasteiger partial charge on any atom is 0.311 e. The first-order chi connectivity index (χ1) is 18.5. The number of pyridine rings is 1. The predicted molar refractivity (Wildman–Crippen MR) is 151 cm³/mol. The summed E-state index contributed by atoms with van der Waals surface area (Å²) < 4.78 is 12.9. The summed E-state index contributed by atoms with van der Waals surface area (Å²) in [7, 11) is 0. The van der Waals surface area contributed by atoms with Gasteiger partial charge in [0.05, 0.1) is 17.4 Å². The van der Waals surface area contributed by atoms with Crippen LogP contribution in [0.15, 0.2) is 30.6 Å². The molecule has 1 rings (SSSR count). The van der Waals surface area contributed by atoms with Crippen LogP contribution in [0.3, 0.4) is 0 Å². The Labute approximate surface area is 235 Å². The molecule has 0 aliphatic carbocycles. The van der Waals surface area contributed by atoms with Gasteiger partial charge in [-0.05, 0) is 46.7 Å². The molecule has 1 heterocycles. The lowest BCUT2D eigenvalue weighted by Crippen LogP contribution is -2.42. The second-order valence-corrected chi connectivity index (χ2v) is 11.0. The topological polar surface area (TPSA) is 124 Å². The fourth-order valence-electron chi connectivity index (χ4n) is 4.33. The maximum atomic E-state index is 13.0. The van der Waals surface area contributed by atoms with Gasteiger partial charge in [0, 0.05) is 38.3 Å². The summed E-state index contributed by atoms with van der Waals surface area (Å²) in [6.45, 7) is 16.7. The maximum absolute atomic E-state index is 13.0. The van der Waals surface area contributed by atoms with Gasteiger partial charge >= 0.3 is 11.9 Å². The van der Waals surface area contributed by atoms with Crippen molar-refractivity contribution in [3.05, 3.63) is 30.6 Å². The van der Waals surface area contributed by atoms with Gasteiger partial charge in [-0.15, -0.1) is 0 Å². The average Bonchev–Trinajstić information content (AvgIpc) is 2.92. The fraction of sp³-hybridized carbons (Fsp3) is 0.759. The van der Waals surface area contributed by atoms with Crippen LogP contribution in [-0.4, -0.2) is 98.3 Å². The molecule has 0 aromatic carbocycles. The highest BCUT2D eigenvalue weighted by Gasteiger charge is 2.43. The third-order valence-corrected chi connectivity index (χ3v) is 7.05. The molecule has 0 spiro atoms. The Balaban J connectivity index is 2.41. The van der Waals surface area contributed by atoms with E-state index in [2.05, 4.69) is 29.4 Å². The van der Waals surface area contributed by atoms with Crippen LogP contribution in [0.4, 0.5) is 0 Å². The highest BCUT2D eigenvalue weighted by molar-refractivity contribution is 5.80. The van der Waals surface area contributed by atoms with E-state index >= 15 is 0 Å². The van der Waals surface area contributed by atoms with Crippen LogP contribution in [0, 0.1) is 10.8 Å². The summed E-state index contributed by atoms with van der Waals surface area (Å²) in [6.07, 6.45) is 2.97. The summed E-state index contributed by atoms with van der Waals surface area (Å²) in [5, 5.41) is 26.8. The molecule has 224 valence electrons. The quantitative estimate of drug-likeness (QED) is 0.101. The van der Waals surface area contributed by atoms with E-state index in [9.17, 15) is 19.8 Å². The molecule has 0 saturated heterocycles. The Morgan fingerprint density at radius 2 is 1.41 bits per heavy atom. The molecule has 1 aromatic heterocycles. The Hall–Kier alpha value is -2.11. The fourth-order valence-corrected chi connectivity index (χ4v) is 4.33. The van der Waals surface area contributed by atoms with Crippen LogP contribution in [0.5, 0.6) is 0 Å². The molecule has 1 aromatic rings. The van der Waals surface area contributed by atoms with Crippen molar-refractivity contribution in [2.75, 3.05) is 59.0 Å². The molecular weight excluding hydrogens is 500 g/mol. The zero-order valence-electron chi connectivity index (χ0n) is 24.9. The first kappa shape index (κ1) is 34.9. The van der Waals surface area contributed by atoms with Crippen molar-refractivity contribution in [3.8, 4) is 0 Å². The number of ether oxygens (including phenoxy) is 2. The minimum atomic E-state index is -0.967. The minimum Gasteiger partial charge on any atom is -0.462 e. The Morgan fingerprint density at radius 1 is 0.872 bits per heavy atom. The summed E-state index contributed by atoms with van der Waals surface area (Å²) in [4.78, 5) is 28.1. The number of rotatable bonds is 21. The third kappa shape index (κ3) is 13.7. The number of carbonyl (C=O) groups excluding carboxylic acids is 2. The van der Waals surface area contributed by atoms with Gasteiger partial charge in [-0.2, -0.15) is 0 Å². The number of hydrogen-bond donors (Lipinski definition) is 4. The molecule has 4 N–H and O–H groups in total. The van der Waals surface area contributed by atoms with E-state index in [1.54, 1.807) is 20.8 Å². The molecule has 0 saturated carbocycles. The van der Waals surface area contributed by atoms with Crippen molar-refractivity contribution in [2.45, 2.75) is 73.1 Å². The van der Waals surface area contributed by atoms with Gasteiger partial charge in [0.15, 0.2) is 18.9 Å². The highest BCUT2D eigenvalue weighted by Crippen LogP contribution is 2.38. The van der Waals surface area contributed by atoms with E-state index in [4.69, 9.17) is 9.47 Å². The Kier molecular flexibility index (Phi) is 16.4. The molecule has 0 bridgehead atoms. The van der Waals surface area contributed by atoms with Crippen molar-refractivity contribution >= 4 is 11.9 Å². The lowest BCUT2D eigenvalue weighted by atomic mass is 9.72. The second-order valence-electron chi connectivity index (χ2n) is 11.0. The monoisotopic (exact) mass is 553 g/mol.